The van der Waals surface area contributed by atoms with Gasteiger partial charge >= 0.3 is 0 Å². The minimum Gasteiger partial charge on any atom is -0.352 e. The molecule has 1 aliphatic rings. The first-order valence-electron chi connectivity index (χ1n) is 10.0. The molecule has 28 heavy (non-hydrogen) atoms. The lowest BCUT2D eigenvalue weighted by Gasteiger charge is -2.29. The molecule has 0 atom stereocenters. The number of thioether (sulfide) groups is 1. The fourth-order valence-corrected chi connectivity index (χ4v) is 4.66. The second-order valence-corrected chi connectivity index (χ2v) is 8.60. The largest absolute Gasteiger partial charge is 0.352 e. The molecule has 3 nitrogen and oxygen atoms in total. The lowest BCUT2D eigenvalue weighted by atomic mass is 10.0. The average molecular weight is 392 g/mol. The van der Waals surface area contributed by atoms with Crippen molar-refractivity contribution in [1.29, 1.82) is 0 Å². The Bertz CT molecular complexity index is 920. The molecule has 4 rings (SSSR count). The number of nitrogens with one attached hydrogen (secondary N) is 2. The van der Waals surface area contributed by atoms with Crippen molar-refractivity contribution in [2.45, 2.75) is 30.3 Å². The molecule has 0 bridgehead atoms. The smallest absolute Gasteiger partial charge is 0.230 e. The summed E-state index contributed by atoms with van der Waals surface area (Å²) >= 11 is 1.62. The van der Waals surface area contributed by atoms with Crippen molar-refractivity contribution in [1.82, 2.24) is 5.32 Å². The first-order chi connectivity index (χ1) is 13.8. The monoisotopic (exact) mass is 391 g/mol. The minimum absolute atomic E-state index is 0.148. The topological polar surface area (TPSA) is 33.5 Å². The molecule has 3 aromatic rings. The van der Waals surface area contributed by atoms with Crippen LogP contribution in [0.5, 0.6) is 0 Å². The Balaban J connectivity index is 1.21. The van der Waals surface area contributed by atoms with E-state index in [1.807, 2.05) is 0 Å². The van der Waals surface area contributed by atoms with Crippen LogP contribution in [0.15, 0.2) is 77.7 Å². The van der Waals surface area contributed by atoms with E-state index < -0.39 is 0 Å². The van der Waals surface area contributed by atoms with Gasteiger partial charge in [-0.15, -0.1) is 11.8 Å². The SMILES string of the molecule is O=C(CSc1ccc2ccccc2c1)NC1CC[NH+](Cc2ccccc2)CC1. The molecule has 0 radical (unpaired) electrons. The van der Waals surface area contributed by atoms with Gasteiger partial charge in [0.1, 0.15) is 6.54 Å². The van der Waals surface area contributed by atoms with Gasteiger partial charge in [0.25, 0.3) is 0 Å². The summed E-state index contributed by atoms with van der Waals surface area (Å²) in [7, 11) is 0. The number of carbonyl (C=O) groups excluding carboxylic acids is 1. The Morgan fingerprint density at radius 3 is 2.43 bits per heavy atom. The molecular formula is C24H27N2OS+. The van der Waals surface area contributed by atoms with E-state index in [0.29, 0.717) is 11.8 Å². The molecular weight excluding hydrogens is 364 g/mol. The van der Waals surface area contributed by atoms with E-state index in [1.165, 1.54) is 16.3 Å². The molecule has 1 aliphatic heterocycles. The van der Waals surface area contributed by atoms with Crippen LogP contribution in [0.25, 0.3) is 10.8 Å². The van der Waals surface area contributed by atoms with E-state index in [-0.39, 0.29) is 5.91 Å². The maximum atomic E-state index is 12.4. The van der Waals surface area contributed by atoms with E-state index in [0.717, 1.165) is 37.4 Å². The highest BCUT2D eigenvalue weighted by Crippen LogP contribution is 2.23. The van der Waals surface area contributed by atoms with Crippen LogP contribution in [-0.2, 0) is 11.3 Å². The quantitative estimate of drug-likeness (QED) is 0.632. The molecule has 3 aromatic carbocycles. The fraction of sp³-hybridized carbons (Fsp3) is 0.292. The Kier molecular flexibility index (Phi) is 6.30. The lowest BCUT2D eigenvalue weighted by molar-refractivity contribution is -0.918. The van der Waals surface area contributed by atoms with Gasteiger partial charge in [0.15, 0.2) is 0 Å². The average Bonchev–Trinajstić information content (AvgIpc) is 2.74. The van der Waals surface area contributed by atoms with E-state index in [1.54, 1.807) is 16.7 Å². The van der Waals surface area contributed by atoms with Crippen molar-refractivity contribution in [2.75, 3.05) is 18.8 Å². The highest BCUT2D eigenvalue weighted by atomic mass is 32.2. The predicted molar refractivity (Wildman–Crippen MR) is 117 cm³/mol. The van der Waals surface area contributed by atoms with Gasteiger partial charge in [0.05, 0.1) is 18.8 Å². The molecule has 1 amide bonds. The van der Waals surface area contributed by atoms with Gasteiger partial charge in [0, 0.05) is 29.3 Å². The van der Waals surface area contributed by atoms with E-state index >= 15 is 0 Å². The summed E-state index contributed by atoms with van der Waals surface area (Å²) in [5, 5.41) is 5.70. The lowest BCUT2D eigenvalue weighted by Crippen LogP contribution is -3.12. The third kappa shape index (κ3) is 5.15. The van der Waals surface area contributed by atoms with Crippen molar-refractivity contribution < 1.29 is 9.69 Å². The second-order valence-electron chi connectivity index (χ2n) is 7.55. The maximum Gasteiger partial charge on any atom is 0.230 e. The third-order valence-electron chi connectivity index (χ3n) is 5.45. The van der Waals surface area contributed by atoms with Crippen LogP contribution in [0, 0.1) is 0 Å². The van der Waals surface area contributed by atoms with Crippen LogP contribution < -0.4 is 10.2 Å². The number of likely N-dealkylation sites (tertiary alicyclic amines) is 1. The normalized spacial score (nSPS) is 19.4. The summed E-state index contributed by atoms with van der Waals surface area (Å²) in [4.78, 5) is 15.1. The molecule has 0 unspecified atom stereocenters. The molecule has 0 aromatic heterocycles. The fourth-order valence-electron chi connectivity index (χ4n) is 3.91. The molecule has 0 saturated carbocycles. The number of rotatable bonds is 6. The summed E-state index contributed by atoms with van der Waals surface area (Å²) in [5.74, 6) is 0.629. The highest BCUT2D eigenvalue weighted by Gasteiger charge is 2.23. The van der Waals surface area contributed by atoms with Crippen LogP contribution in [0.2, 0.25) is 0 Å². The molecule has 1 fully saturated rings. The Morgan fingerprint density at radius 1 is 0.929 bits per heavy atom. The predicted octanol–water partition coefficient (Wildman–Crippen LogP) is 3.30. The Morgan fingerprint density at radius 2 is 1.64 bits per heavy atom. The van der Waals surface area contributed by atoms with Gasteiger partial charge in [-0.2, -0.15) is 0 Å². The number of piperidine rings is 1. The minimum atomic E-state index is 0.148. The molecule has 144 valence electrons. The van der Waals surface area contributed by atoms with Gasteiger partial charge in [-0.25, -0.2) is 0 Å². The highest BCUT2D eigenvalue weighted by molar-refractivity contribution is 8.00. The molecule has 1 heterocycles. The summed E-state index contributed by atoms with van der Waals surface area (Å²) in [6.45, 7) is 3.33. The van der Waals surface area contributed by atoms with Crippen molar-refractivity contribution in [2.24, 2.45) is 0 Å². The summed E-state index contributed by atoms with van der Waals surface area (Å²) in [5.41, 5.74) is 1.40. The number of benzene rings is 3. The van der Waals surface area contributed by atoms with Gasteiger partial charge in [-0.05, 0) is 22.9 Å². The summed E-state index contributed by atoms with van der Waals surface area (Å²) in [6, 6.07) is 25.7. The number of hydrogen-bond acceptors (Lipinski definition) is 2. The van der Waals surface area contributed by atoms with E-state index in [4.69, 9.17) is 0 Å². The van der Waals surface area contributed by atoms with Crippen LogP contribution in [0.1, 0.15) is 18.4 Å². The van der Waals surface area contributed by atoms with Crippen molar-refractivity contribution in [3.05, 3.63) is 78.4 Å². The Hall–Kier alpha value is -2.30. The van der Waals surface area contributed by atoms with Crippen LogP contribution >= 0.6 is 11.8 Å². The zero-order valence-electron chi connectivity index (χ0n) is 16.1. The van der Waals surface area contributed by atoms with E-state index in [2.05, 4.69) is 78.1 Å². The second kappa shape index (κ2) is 9.26. The van der Waals surface area contributed by atoms with Gasteiger partial charge in [0.2, 0.25) is 5.91 Å². The van der Waals surface area contributed by atoms with Gasteiger partial charge in [-0.1, -0.05) is 60.7 Å². The molecule has 0 aliphatic carbocycles. The zero-order valence-corrected chi connectivity index (χ0v) is 16.9. The van der Waals surface area contributed by atoms with Crippen LogP contribution in [0.3, 0.4) is 0 Å². The number of quaternary nitrogens is 1. The van der Waals surface area contributed by atoms with Crippen LogP contribution in [0.4, 0.5) is 0 Å². The van der Waals surface area contributed by atoms with Crippen molar-refractivity contribution >= 4 is 28.4 Å². The number of fused-ring (bicyclic) bond motifs is 1. The third-order valence-corrected chi connectivity index (χ3v) is 6.44. The van der Waals surface area contributed by atoms with Gasteiger partial charge in [-0.3, -0.25) is 4.79 Å². The summed E-state index contributed by atoms with van der Waals surface area (Å²) in [6.07, 6.45) is 2.13. The Labute approximate surface area is 171 Å². The number of amides is 1. The molecule has 2 N–H and O–H groups in total. The first-order valence-corrected chi connectivity index (χ1v) is 11.0. The molecule has 4 heteroatoms. The summed E-state index contributed by atoms with van der Waals surface area (Å²) < 4.78 is 0. The number of hydrogen-bond donors (Lipinski definition) is 2. The number of carbonyl (C=O) groups is 1. The molecule has 0 spiro atoms. The molecule has 1 saturated heterocycles. The standard InChI is InChI=1S/C24H26N2OS/c27-24(18-28-23-11-10-20-8-4-5-9-21(20)16-23)25-22-12-14-26(15-13-22)17-19-6-2-1-3-7-19/h1-11,16,22H,12-15,17-18H2,(H,25,27)/p+1. The maximum absolute atomic E-state index is 12.4. The van der Waals surface area contributed by atoms with Crippen molar-refractivity contribution in [3.8, 4) is 0 Å². The van der Waals surface area contributed by atoms with Gasteiger partial charge < -0.3 is 10.2 Å². The first kappa shape index (κ1) is 19.0. The van der Waals surface area contributed by atoms with E-state index in [9.17, 15) is 4.79 Å². The zero-order chi connectivity index (χ0) is 19.2. The van der Waals surface area contributed by atoms with Crippen molar-refractivity contribution in [3.63, 3.8) is 0 Å². The van der Waals surface area contributed by atoms with Crippen LogP contribution in [-0.4, -0.2) is 30.8 Å².